The van der Waals surface area contributed by atoms with E-state index in [1.54, 1.807) is 0 Å². The molecule has 1 aromatic heterocycles. The highest BCUT2D eigenvalue weighted by Gasteiger charge is 2.36. The lowest BCUT2D eigenvalue weighted by molar-refractivity contribution is 0.197. The van der Waals surface area contributed by atoms with Crippen molar-refractivity contribution in [1.82, 2.24) is 20.4 Å². The molecule has 0 aromatic carbocycles. The topological polar surface area (TPSA) is 85.2 Å². The minimum atomic E-state index is 0.00123. The van der Waals surface area contributed by atoms with E-state index in [0.717, 1.165) is 11.3 Å². The molecule has 2 aliphatic rings. The summed E-state index contributed by atoms with van der Waals surface area (Å²) in [5.74, 6) is 0.634. The van der Waals surface area contributed by atoms with Gasteiger partial charge in [-0.15, -0.1) is 5.10 Å². The third-order valence-electron chi connectivity index (χ3n) is 4.08. The van der Waals surface area contributed by atoms with Crippen LogP contribution in [0.15, 0.2) is 0 Å². The first-order chi connectivity index (χ1) is 9.61. The number of nitriles is 1. The molecule has 7 nitrogen and oxygen atoms in total. The lowest BCUT2D eigenvalue weighted by Crippen LogP contribution is -2.52. The second-order valence-corrected chi connectivity index (χ2v) is 5.20. The summed E-state index contributed by atoms with van der Waals surface area (Å²) in [6.45, 7) is 6.40. The summed E-state index contributed by atoms with van der Waals surface area (Å²) < 4.78 is 0. The van der Waals surface area contributed by atoms with Gasteiger partial charge in [0.15, 0.2) is 5.82 Å². The van der Waals surface area contributed by atoms with Gasteiger partial charge >= 0.3 is 6.03 Å². The molecule has 2 aliphatic heterocycles. The van der Waals surface area contributed by atoms with Crippen LogP contribution in [0.3, 0.4) is 0 Å². The SMILES string of the molecule is Cc1nnc(N2CCN3C(=O)NCC3C2)c(C#N)c1C. The number of aryl methyl sites for hydroxylation is 1. The number of aromatic nitrogens is 2. The molecule has 0 bridgehead atoms. The second kappa shape index (κ2) is 4.63. The van der Waals surface area contributed by atoms with Crippen LogP contribution in [0.2, 0.25) is 0 Å². The first-order valence-corrected chi connectivity index (χ1v) is 6.65. The van der Waals surface area contributed by atoms with Crippen molar-refractivity contribution < 1.29 is 4.79 Å². The van der Waals surface area contributed by atoms with E-state index in [4.69, 9.17) is 0 Å². The van der Waals surface area contributed by atoms with Gasteiger partial charge in [0.1, 0.15) is 11.6 Å². The van der Waals surface area contributed by atoms with Gasteiger partial charge < -0.3 is 15.1 Å². The average Bonchev–Trinajstić information content (AvgIpc) is 2.82. The number of anilines is 1. The van der Waals surface area contributed by atoms with Crippen LogP contribution < -0.4 is 10.2 Å². The minimum absolute atomic E-state index is 0.00123. The normalized spacial score (nSPS) is 21.4. The molecular formula is C13H16N6O. The van der Waals surface area contributed by atoms with E-state index in [1.807, 2.05) is 18.7 Å². The van der Waals surface area contributed by atoms with E-state index < -0.39 is 0 Å². The zero-order chi connectivity index (χ0) is 14.3. The Morgan fingerprint density at radius 1 is 1.35 bits per heavy atom. The third-order valence-corrected chi connectivity index (χ3v) is 4.08. The zero-order valence-corrected chi connectivity index (χ0v) is 11.6. The van der Waals surface area contributed by atoms with Crippen molar-refractivity contribution in [3.63, 3.8) is 0 Å². The zero-order valence-electron chi connectivity index (χ0n) is 11.6. The monoisotopic (exact) mass is 272 g/mol. The number of carbonyl (C=O) groups is 1. The summed E-state index contributed by atoms with van der Waals surface area (Å²) in [7, 11) is 0. The highest BCUT2D eigenvalue weighted by Crippen LogP contribution is 2.24. The van der Waals surface area contributed by atoms with Crippen molar-refractivity contribution in [2.45, 2.75) is 19.9 Å². The van der Waals surface area contributed by atoms with Gasteiger partial charge in [-0.3, -0.25) is 0 Å². The van der Waals surface area contributed by atoms with Crippen molar-refractivity contribution >= 4 is 11.8 Å². The fraction of sp³-hybridized carbons (Fsp3) is 0.538. The van der Waals surface area contributed by atoms with E-state index >= 15 is 0 Å². The highest BCUT2D eigenvalue weighted by atomic mass is 16.2. The van der Waals surface area contributed by atoms with Crippen LogP contribution in [0.25, 0.3) is 0 Å². The van der Waals surface area contributed by atoms with Gasteiger partial charge in [0.2, 0.25) is 0 Å². The summed E-state index contributed by atoms with van der Waals surface area (Å²) in [5, 5.41) is 20.5. The minimum Gasteiger partial charge on any atom is -0.350 e. The van der Waals surface area contributed by atoms with E-state index in [1.165, 1.54) is 0 Å². The maximum absolute atomic E-state index is 11.6. The highest BCUT2D eigenvalue weighted by molar-refractivity contribution is 5.77. The number of piperazine rings is 1. The van der Waals surface area contributed by atoms with Crippen molar-refractivity contribution in [3.05, 3.63) is 16.8 Å². The smallest absolute Gasteiger partial charge is 0.317 e. The largest absolute Gasteiger partial charge is 0.350 e. The molecule has 0 radical (unpaired) electrons. The first kappa shape index (κ1) is 12.7. The Balaban J connectivity index is 1.90. The molecule has 0 saturated carbocycles. The van der Waals surface area contributed by atoms with Crippen LogP contribution in [0, 0.1) is 25.2 Å². The Bertz CT molecular complexity index is 608. The van der Waals surface area contributed by atoms with Gasteiger partial charge in [0, 0.05) is 26.2 Å². The first-order valence-electron chi connectivity index (χ1n) is 6.65. The fourth-order valence-corrected chi connectivity index (χ4v) is 2.75. The predicted molar refractivity (Wildman–Crippen MR) is 72.3 cm³/mol. The Hall–Kier alpha value is -2.36. The molecule has 2 amide bonds. The molecule has 0 spiro atoms. The molecule has 104 valence electrons. The van der Waals surface area contributed by atoms with E-state index in [2.05, 4.69) is 26.5 Å². The summed E-state index contributed by atoms with van der Waals surface area (Å²) in [5.41, 5.74) is 2.24. The van der Waals surface area contributed by atoms with Crippen LogP contribution >= 0.6 is 0 Å². The number of rotatable bonds is 1. The number of nitrogens with one attached hydrogen (secondary N) is 1. The lowest BCUT2D eigenvalue weighted by Gasteiger charge is -2.37. The number of fused-ring (bicyclic) bond motifs is 1. The Kier molecular flexibility index (Phi) is 2.93. The molecule has 2 fully saturated rings. The van der Waals surface area contributed by atoms with Gasteiger partial charge in [0.05, 0.1) is 11.7 Å². The number of urea groups is 1. The van der Waals surface area contributed by atoms with Crippen LogP contribution in [-0.4, -0.2) is 53.3 Å². The molecule has 1 N–H and O–H groups in total. The van der Waals surface area contributed by atoms with Crippen LogP contribution in [0.1, 0.15) is 16.8 Å². The fourth-order valence-electron chi connectivity index (χ4n) is 2.75. The molecule has 7 heteroatoms. The standard InChI is InChI=1S/C13H16N6O/c1-8-9(2)16-17-12(11(8)5-14)18-3-4-19-10(7-18)6-15-13(19)20/h10H,3-4,6-7H2,1-2H3,(H,15,20). The van der Waals surface area contributed by atoms with Gasteiger partial charge in [-0.25, -0.2) is 4.79 Å². The molecule has 3 rings (SSSR count). The summed E-state index contributed by atoms with van der Waals surface area (Å²) in [6.07, 6.45) is 0. The van der Waals surface area contributed by atoms with Crippen LogP contribution in [-0.2, 0) is 0 Å². The van der Waals surface area contributed by atoms with E-state index in [9.17, 15) is 10.1 Å². The van der Waals surface area contributed by atoms with Crippen LogP contribution in [0.5, 0.6) is 0 Å². The van der Waals surface area contributed by atoms with Crippen molar-refractivity contribution in [2.24, 2.45) is 0 Å². The average molecular weight is 272 g/mol. The summed E-state index contributed by atoms with van der Waals surface area (Å²) >= 11 is 0. The quantitative estimate of drug-likeness (QED) is 0.788. The molecule has 20 heavy (non-hydrogen) atoms. The molecular weight excluding hydrogens is 256 g/mol. The van der Waals surface area contributed by atoms with Gasteiger partial charge in [-0.1, -0.05) is 0 Å². The van der Waals surface area contributed by atoms with E-state index in [0.29, 0.717) is 37.6 Å². The summed E-state index contributed by atoms with van der Waals surface area (Å²) in [6, 6.07) is 2.38. The van der Waals surface area contributed by atoms with Gasteiger partial charge in [0.25, 0.3) is 0 Å². The Morgan fingerprint density at radius 3 is 2.90 bits per heavy atom. The Morgan fingerprint density at radius 2 is 2.15 bits per heavy atom. The number of hydrogen-bond acceptors (Lipinski definition) is 5. The number of carbonyl (C=O) groups excluding carboxylic acids is 1. The number of nitrogens with zero attached hydrogens (tertiary/aromatic N) is 5. The molecule has 1 atom stereocenters. The molecule has 1 unspecified atom stereocenters. The molecule has 2 saturated heterocycles. The van der Waals surface area contributed by atoms with Crippen molar-refractivity contribution in [3.8, 4) is 6.07 Å². The molecule has 0 aliphatic carbocycles. The Labute approximate surface area is 117 Å². The maximum atomic E-state index is 11.6. The second-order valence-electron chi connectivity index (χ2n) is 5.20. The summed E-state index contributed by atoms with van der Waals surface area (Å²) in [4.78, 5) is 15.5. The van der Waals surface area contributed by atoms with Gasteiger partial charge in [-0.05, 0) is 19.4 Å². The van der Waals surface area contributed by atoms with Gasteiger partial charge in [-0.2, -0.15) is 10.4 Å². The predicted octanol–water partition coefficient (Wildman–Crippen LogP) is 0.179. The molecule has 1 aromatic rings. The molecule has 3 heterocycles. The van der Waals surface area contributed by atoms with E-state index in [-0.39, 0.29) is 12.1 Å². The lowest BCUT2D eigenvalue weighted by atomic mass is 10.1. The number of hydrogen-bond donors (Lipinski definition) is 1. The van der Waals surface area contributed by atoms with Crippen molar-refractivity contribution in [2.75, 3.05) is 31.1 Å². The van der Waals surface area contributed by atoms with Crippen LogP contribution in [0.4, 0.5) is 10.6 Å². The maximum Gasteiger partial charge on any atom is 0.317 e. The third kappa shape index (κ3) is 1.84. The number of amides is 2. The van der Waals surface area contributed by atoms with Crippen molar-refractivity contribution in [1.29, 1.82) is 5.26 Å².